The Morgan fingerprint density at radius 1 is 1.07 bits per heavy atom. The summed E-state index contributed by atoms with van der Waals surface area (Å²) in [6, 6.07) is 0. The Morgan fingerprint density at radius 2 is 1.77 bits per heavy atom. The largest absolute Gasteiger partial charge is 0.481 e. The van der Waals surface area contributed by atoms with Gasteiger partial charge in [-0.25, -0.2) is 0 Å². The Bertz CT molecular complexity index is 754. The van der Waals surface area contributed by atoms with Crippen molar-refractivity contribution in [3.63, 3.8) is 0 Å². The van der Waals surface area contributed by atoms with Gasteiger partial charge in [0.05, 0.1) is 0 Å². The van der Waals surface area contributed by atoms with Gasteiger partial charge in [0.25, 0.3) is 0 Å². The van der Waals surface area contributed by atoms with E-state index in [1.165, 1.54) is 6.42 Å². The van der Waals surface area contributed by atoms with Crippen LogP contribution >= 0.6 is 0 Å². The van der Waals surface area contributed by atoms with Crippen LogP contribution in [-0.2, 0) is 14.4 Å². The summed E-state index contributed by atoms with van der Waals surface area (Å²) in [6.07, 6.45) is 7.35. The predicted octanol–water partition coefficient (Wildman–Crippen LogP) is 5.53. The van der Waals surface area contributed by atoms with E-state index in [4.69, 9.17) is 5.11 Å². The summed E-state index contributed by atoms with van der Waals surface area (Å²) in [6.45, 7) is 11.3. The lowest BCUT2D eigenvalue weighted by Gasteiger charge is -2.61. The molecule has 4 rings (SSSR count). The van der Waals surface area contributed by atoms with Crippen LogP contribution in [0.3, 0.4) is 0 Å². The van der Waals surface area contributed by atoms with Crippen LogP contribution in [0.4, 0.5) is 0 Å². The Hall–Kier alpha value is -1.19. The quantitative estimate of drug-likeness (QED) is 0.654. The highest BCUT2D eigenvalue weighted by Gasteiger charge is 2.66. The van der Waals surface area contributed by atoms with Gasteiger partial charge in [0.2, 0.25) is 0 Å². The van der Waals surface area contributed by atoms with Crippen molar-refractivity contribution in [3.05, 3.63) is 0 Å². The molecule has 4 saturated carbocycles. The molecular weight excluding hydrogens is 376 g/mol. The number of carboxylic acid groups (broad SMARTS) is 1. The van der Waals surface area contributed by atoms with Crippen LogP contribution in [0.15, 0.2) is 0 Å². The van der Waals surface area contributed by atoms with Gasteiger partial charge in [-0.05, 0) is 78.9 Å². The molecule has 1 N–H and O–H groups in total. The summed E-state index contributed by atoms with van der Waals surface area (Å²) < 4.78 is 0. The van der Waals surface area contributed by atoms with E-state index in [0.29, 0.717) is 42.2 Å². The zero-order chi connectivity index (χ0) is 22.1. The van der Waals surface area contributed by atoms with Crippen molar-refractivity contribution in [2.75, 3.05) is 0 Å². The second kappa shape index (κ2) is 7.17. The summed E-state index contributed by atoms with van der Waals surface area (Å²) in [5, 5.41) is 9.11. The van der Waals surface area contributed by atoms with E-state index in [-0.39, 0.29) is 41.4 Å². The predicted molar refractivity (Wildman–Crippen MR) is 116 cm³/mol. The van der Waals surface area contributed by atoms with Gasteiger partial charge >= 0.3 is 5.97 Å². The minimum Gasteiger partial charge on any atom is -0.481 e. The zero-order valence-electron chi connectivity index (χ0n) is 19.5. The van der Waals surface area contributed by atoms with E-state index in [2.05, 4.69) is 34.6 Å². The van der Waals surface area contributed by atoms with E-state index in [9.17, 15) is 14.4 Å². The highest BCUT2D eigenvalue weighted by Crippen LogP contribution is 2.67. The molecule has 0 bridgehead atoms. The van der Waals surface area contributed by atoms with Crippen molar-refractivity contribution in [1.82, 2.24) is 0 Å². The van der Waals surface area contributed by atoms with Crippen LogP contribution in [0.1, 0.15) is 92.4 Å². The summed E-state index contributed by atoms with van der Waals surface area (Å²) in [7, 11) is 0. The number of rotatable bonds is 4. The van der Waals surface area contributed by atoms with Gasteiger partial charge in [-0.2, -0.15) is 0 Å². The Balaban J connectivity index is 1.63. The molecule has 0 aromatic carbocycles. The number of ketones is 2. The summed E-state index contributed by atoms with van der Waals surface area (Å²) in [5.74, 6) is 1.23. The van der Waals surface area contributed by atoms with E-state index in [1.54, 1.807) is 0 Å². The normalized spacial score (nSPS) is 46.0. The molecule has 8 atom stereocenters. The molecule has 0 spiro atoms. The third-order valence-electron chi connectivity index (χ3n) is 10.4. The Morgan fingerprint density at radius 3 is 2.43 bits per heavy atom. The number of fused-ring (bicyclic) bond motifs is 5. The zero-order valence-corrected chi connectivity index (χ0v) is 19.5. The first-order chi connectivity index (χ1) is 13.9. The average Bonchev–Trinajstić information content (AvgIpc) is 3.00. The summed E-state index contributed by atoms with van der Waals surface area (Å²) >= 11 is 0. The SMILES string of the molecule is C[C@H](CCC(=O)O)[C@H]1CC[C@H]2[C@@H]3C(=O)CC4CC(C)(C)CC[C@]4(C)[C@H]3CC(=O)[C@]12C. The Kier molecular flexibility index (Phi) is 5.26. The molecule has 4 fully saturated rings. The molecule has 0 heterocycles. The number of Topliss-reactive ketones (excluding diaryl/α,β-unsaturated/α-hetero) is 2. The van der Waals surface area contributed by atoms with Crippen LogP contribution < -0.4 is 0 Å². The highest BCUT2D eigenvalue weighted by molar-refractivity contribution is 5.92. The van der Waals surface area contributed by atoms with Gasteiger partial charge in [-0.1, -0.05) is 34.6 Å². The maximum absolute atomic E-state index is 13.7. The first-order valence-corrected chi connectivity index (χ1v) is 12.2. The molecule has 4 nitrogen and oxygen atoms in total. The van der Waals surface area contributed by atoms with Crippen molar-refractivity contribution in [3.8, 4) is 0 Å². The van der Waals surface area contributed by atoms with Gasteiger partial charge < -0.3 is 5.11 Å². The van der Waals surface area contributed by atoms with E-state index >= 15 is 0 Å². The molecule has 1 unspecified atom stereocenters. The number of carboxylic acids is 1. The maximum atomic E-state index is 13.7. The molecule has 0 aromatic heterocycles. The first-order valence-electron chi connectivity index (χ1n) is 12.2. The molecule has 4 heteroatoms. The first kappa shape index (κ1) is 22.0. The van der Waals surface area contributed by atoms with Crippen molar-refractivity contribution < 1.29 is 19.5 Å². The van der Waals surface area contributed by atoms with E-state index < -0.39 is 11.4 Å². The molecule has 4 aliphatic carbocycles. The van der Waals surface area contributed by atoms with E-state index in [0.717, 1.165) is 25.7 Å². The van der Waals surface area contributed by atoms with E-state index in [1.807, 2.05) is 0 Å². The lowest BCUT2D eigenvalue weighted by molar-refractivity contribution is -0.169. The van der Waals surface area contributed by atoms with Crippen molar-refractivity contribution >= 4 is 17.5 Å². The minimum atomic E-state index is -0.766. The van der Waals surface area contributed by atoms with Gasteiger partial charge in [0.15, 0.2) is 0 Å². The lowest BCUT2D eigenvalue weighted by atomic mass is 9.42. The highest BCUT2D eigenvalue weighted by atomic mass is 16.4. The number of hydrogen-bond acceptors (Lipinski definition) is 3. The number of hydrogen-bond donors (Lipinski definition) is 1. The second-order valence-corrected chi connectivity index (χ2v) is 12.5. The molecule has 0 amide bonds. The molecule has 0 aromatic rings. The van der Waals surface area contributed by atoms with Gasteiger partial charge in [0.1, 0.15) is 11.6 Å². The molecular formula is C26H40O4. The summed E-state index contributed by atoms with van der Waals surface area (Å²) in [4.78, 5) is 38.3. The van der Waals surface area contributed by atoms with Gasteiger partial charge in [0, 0.05) is 30.6 Å². The van der Waals surface area contributed by atoms with Crippen LogP contribution in [0.2, 0.25) is 0 Å². The van der Waals surface area contributed by atoms with Crippen molar-refractivity contribution in [2.45, 2.75) is 92.4 Å². The van der Waals surface area contributed by atoms with Gasteiger partial charge in [-0.15, -0.1) is 0 Å². The number of carbonyl (C=O) groups excluding carboxylic acids is 2. The monoisotopic (exact) mass is 416 g/mol. The van der Waals surface area contributed by atoms with Crippen LogP contribution in [0.5, 0.6) is 0 Å². The lowest BCUT2D eigenvalue weighted by Crippen LogP contribution is -2.60. The van der Waals surface area contributed by atoms with Gasteiger partial charge in [-0.3, -0.25) is 14.4 Å². The minimum absolute atomic E-state index is 0.0341. The molecule has 4 aliphatic rings. The Labute approximate surface area is 181 Å². The third kappa shape index (κ3) is 3.19. The second-order valence-electron chi connectivity index (χ2n) is 12.5. The molecule has 0 radical (unpaired) electrons. The average molecular weight is 417 g/mol. The fourth-order valence-corrected chi connectivity index (χ4v) is 8.53. The molecule has 0 saturated heterocycles. The standard InChI is InChI=1S/C26H40O4/c1-15(6-9-22(29)30)17-7-8-18-23-19(13-21(28)26(17,18)5)25(4)11-10-24(2,3)14-16(25)12-20(23)27/h15-19,23H,6-14H2,1-5H3,(H,29,30)/t15-,16?,17-,18+,19+,23+,25+,26-/m1/s1. The smallest absolute Gasteiger partial charge is 0.303 e. The van der Waals surface area contributed by atoms with Crippen LogP contribution in [0, 0.1) is 51.8 Å². The fourth-order valence-electron chi connectivity index (χ4n) is 8.53. The number of aliphatic carboxylic acids is 1. The van der Waals surface area contributed by atoms with Crippen molar-refractivity contribution in [1.29, 1.82) is 0 Å². The summed E-state index contributed by atoms with van der Waals surface area (Å²) in [5.41, 5.74) is -0.0491. The molecule has 168 valence electrons. The van der Waals surface area contributed by atoms with Crippen LogP contribution in [0.25, 0.3) is 0 Å². The maximum Gasteiger partial charge on any atom is 0.303 e. The molecule has 0 aliphatic heterocycles. The van der Waals surface area contributed by atoms with Crippen LogP contribution in [-0.4, -0.2) is 22.6 Å². The third-order valence-corrected chi connectivity index (χ3v) is 10.4. The topological polar surface area (TPSA) is 71.4 Å². The fraction of sp³-hybridized carbons (Fsp3) is 0.885. The van der Waals surface area contributed by atoms with Crippen molar-refractivity contribution in [2.24, 2.45) is 51.8 Å². The molecule has 30 heavy (non-hydrogen) atoms. The number of carbonyl (C=O) groups is 3.